The van der Waals surface area contributed by atoms with Crippen LogP contribution in [0.5, 0.6) is 5.75 Å². The number of carbonyl (C=O) groups excluding carboxylic acids is 1. The molecule has 1 fully saturated rings. The second-order valence-corrected chi connectivity index (χ2v) is 7.05. The number of carbonyl (C=O) groups is 1. The van der Waals surface area contributed by atoms with Crippen molar-refractivity contribution in [3.8, 4) is 5.75 Å². The van der Waals surface area contributed by atoms with Crippen LogP contribution in [0.2, 0.25) is 0 Å². The first-order valence-electron chi connectivity index (χ1n) is 9.91. The molecule has 3 rings (SSSR count). The Morgan fingerprint density at radius 2 is 1.96 bits per heavy atom. The molecule has 1 aliphatic rings. The summed E-state index contributed by atoms with van der Waals surface area (Å²) in [5.41, 5.74) is 1.84. The van der Waals surface area contributed by atoms with Crippen LogP contribution < -0.4 is 10.1 Å². The van der Waals surface area contributed by atoms with Gasteiger partial charge in [0, 0.05) is 24.1 Å². The molecule has 5 nitrogen and oxygen atoms in total. The largest absolute Gasteiger partial charge is 0.494 e. The van der Waals surface area contributed by atoms with Gasteiger partial charge >= 0.3 is 6.03 Å². The van der Waals surface area contributed by atoms with Crippen LogP contribution in [0.4, 0.5) is 10.5 Å². The maximum atomic E-state index is 13.2. The highest BCUT2D eigenvalue weighted by molar-refractivity contribution is 5.90. The number of benzene rings is 1. The number of aromatic nitrogens is 1. The number of urea groups is 1. The number of nitrogens with one attached hydrogen (secondary N) is 1. The van der Waals surface area contributed by atoms with Crippen LogP contribution in [0, 0.1) is 0 Å². The van der Waals surface area contributed by atoms with Crippen LogP contribution in [0.15, 0.2) is 48.8 Å². The fourth-order valence-corrected chi connectivity index (χ4v) is 3.79. The van der Waals surface area contributed by atoms with E-state index >= 15 is 0 Å². The molecule has 1 N–H and O–H groups in total. The number of nitrogens with zero attached hydrogens (tertiary/aromatic N) is 2. The molecule has 0 spiro atoms. The fraction of sp³-hybridized carbons (Fsp3) is 0.455. The number of amides is 2. The number of hydrogen-bond donors (Lipinski definition) is 1. The highest BCUT2D eigenvalue weighted by Crippen LogP contribution is 2.31. The molecule has 1 aromatic carbocycles. The van der Waals surface area contributed by atoms with Gasteiger partial charge in [-0.25, -0.2) is 4.79 Å². The van der Waals surface area contributed by atoms with E-state index in [2.05, 4.69) is 17.2 Å². The zero-order valence-corrected chi connectivity index (χ0v) is 16.2. The third-order valence-electron chi connectivity index (χ3n) is 5.20. The lowest BCUT2D eigenvalue weighted by Crippen LogP contribution is -2.45. The Balaban J connectivity index is 1.77. The minimum absolute atomic E-state index is 0.0236. The molecule has 27 heavy (non-hydrogen) atoms. The van der Waals surface area contributed by atoms with Gasteiger partial charge in [0.1, 0.15) is 5.75 Å². The predicted molar refractivity (Wildman–Crippen MR) is 108 cm³/mol. The van der Waals surface area contributed by atoms with Gasteiger partial charge in [-0.15, -0.1) is 0 Å². The Morgan fingerprint density at radius 1 is 1.22 bits per heavy atom. The molecule has 1 aromatic heterocycles. The van der Waals surface area contributed by atoms with Gasteiger partial charge in [0.2, 0.25) is 0 Å². The second kappa shape index (κ2) is 9.40. The Hall–Kier alpha value is -2.56. The zero-order valence-electron chi connectivity index (χ0n) is 16.2. The molecule has 1 heterocycles. The average Bonchev–Trinajstić information content (AvgIpc) is 2.71. The van der Waals surface area contributed by atoms with E-state index < -0.39 is 0 Å². The normalized spacial score (nSPS) is 15.8. The van der Waals surface area contributed by atoms with Gasteiger partial charge in [-0.1, -0.05) is 25.3 Å². The van der Waals surface area contributed by atoms with Crippen LogP contribution in [0.25, 0.3) is 0 Å². The first kappa shape index (κ1) is 19.2. The molecule has 2 amide bonds. The molecule has 0 aliphatic heterocycles. The molecule has 2 aromatic rings. The van der Waals surface area contributed by atoms with Gasteiger partial charge in [0.15, 0.2) is 0 Å². The lowest BCUT2D eigenvalue weighted by Gasteiger charge is -2.38. The molecular weight excluding hydrogens is 338 g/mol. The van der Waals surface area contributed by atoms with Crippen LogP contribution in [-0.2, 0) is 0 Å². The second-order valence-electron chi connectivity index (χ2n) is 7.05. The number of pyridine rings is 1. The number of hydrogen-bond acceptors (Lipinski definition) is 3. The third-order valence-corrected chi connectivity index (χ3v) is 5.20. The molecule has 0 saturated heterocycles. The summed E-state index contributed by atoms with van der Waals surface area (Å²) in [6.07, 6.45) is 9.34. The smallest absolute Gasteiger partial charge is 0.322 e. The first-order chi connectivity index (χ1) is 13.2. The monoisotopic (exact) mass is 367 g/mol. The molecule has 1 atom stereocenters. The van der Waals surface area contributed by atoms with Crippen molar-refractivity contribution in [1.29, 1.82) is 0 Å². The average molecular weight is 367 g/mol. The lowest BCUT2D eigenvalue weighted by molar-refractivity contribution is 0.139. The van der Waals surface area contributed by atoms with Crippen molar-refractivity contribution in [2.75, 3.05) is 11.9 Å². The van der Waals surface area contributed by atoms with E-state index in [1.807, 2.05) is 54.4 Å². The predicted octanol–water partition coefficient (Wildman–Crippen LogP) is 5.41. The minimum Gasteiger partial charge on any atom is -0.494 e. The molecule has 144 valence electrons. The number of anilines is 1. The highest BCUT2D eigenvalue weighted by atomic mass is 16.5. The summed E-state index contributed by atoms with van der Waals surface area (Å²) in [6, 6.07) is 11.7. The van der Waals surface area contributed by atoms with Gasteiger partial charge in [-0.05, 0) is 62.6 Å². The number of rotatable bonds is 6. The summed E-state index contributed by atoms with van der Waals surface area (Å²) in [5, 5.41) is 3.07. The highest BCUT2D eigenvalue weighted by Gasteiger charge is 2.30. The Morgan fingerprint density at radius 3 is 2.59 bits per heavy atom. The Labute approximate surface area is 161 Å². The summed E-state index contributed by atoms with van der Waals surface area (Å²) < 4.78 is 5.47. The maximum Gasteiger partial charge on any atom is 0.322 e. The molecule has 1 saturated carbocycles. The Kier molecular flexibility index (Phi) is 6.69. The van der Waals surface area contributed by atoms with Crippen LogP contribution in [0.1, 0.15) is 57.6 Å². The van der Waals surface area contributed by atoms with Gasteiger partial charge in [-0.2, -0.15) is 0 Å². The quantitative estimate of drug-likeness (QED) is 0.743. The van der Waals surface area contributed by atoms with E-state index in [4.69, 9.17) is 4.74 Å². The zero-order chi connectivity index (χ0) is 19.1. The van der Waals surface area contributed by atoms with Crippen molar-refractivity contribution in [3.63, 3.8) is 0 Å². The van der Waals surface area contributed by atoms with E-state index in [9.17, 15) is 4.79 Å². The fourth-order valence-electron chi connectivity index (χ4n) is 3.79. The molecule has 0 unspecified atom stereocenters. The van der Waals surface area contributed by atoms with Crippen molar-refractivity contribution >= 4 is 11.7 Å². The van der Waals surface area contributed by atoms with E-state index in [0.717, 1.165) is 29.8 Å². The SMILES string of the molecule is CCOc1ccc(NC(=O)N(C2CCCCC2)[C@@H](C)c2cccnc2)cc1. The topological polar surface area (TPSA) is 54.5 Å². The molecule has 1 aliphatic carbocycles. The van der Waals surface area contributed by atoms with Crippen molar-refractivity contribution in [2.45, 2.75) is 58.0 Å². The third kappa shape index (κ3) is 5.00. The maximum absolute atomic E-state index is 13.2. The van der Waals surface area contributed by atoms with Crippen molar-refractivity contribution in [1.82, 2.24) is 9.88 Å². The minimum atomic E-state index is -0.0533. The van der Waals surface area contributed by atoms with E-state index in [1.165, 1.54) is 19.3 Å². The van der Waals surface area contributed by atoms with Gasteiger partial charge < -0.3 is 15.0 Å². The molecule has 0 radical (unpaired) electrons. The standard InChI is InChI=1S/C22H29N3O2/c1-3-27-21-13-11-19(12-14-21)24-22(26)25(20-9-5-4-6-10-20)17(2)18-8-7-15-23-16-18/h7-8,11-17,20H,3-6,9-10H2,1-2H3,(H,24,26)/t17-/m0/s1. The summed E-state index contributed by atoms with van der Waals surface area (Å²) in [6.45, 7) is 4.67. The van der Waals surface area contributed by atoms with Crippen LogP contribution in [-0.4, -0.2) is 28.6 Å². The molecular formula is C22H29N3O2. The van der Waals surface area contributed by atoms with Crippen molar-refractivity contribution in [3.05, 3.63) is 54.4 Å². The summed E-state index contributed by atoms with van der Waals surface area (Å²) >= 11 is 0. The van der Waals surface area contributed by atoms with Crippen LogP contribution in [0.3, 0.4) is 0 Å². The van der Waals surface area contributed by atoms with E-state index in [1.54, 1.807) is 6.20 Å². The lowest BCUT2D eigenvalue weighted by atomic mass is 9.92. The van der Waals surface area contributed by atoms with Crippen LogP contribution >= 0.6 is 0 Å². The molecule has 0 bridgehead atoms. The first-order valence-corrected chi connectivity index (χ1v) is 9.91. The van der Waals surface area contributed by atoms with Crippen molar-refractivity contribution < 1.29 is 9.53 Å². The summed E-state index contributed by atoms with van der Waals surface area (Å²) in [5.74, 6) is 0.809. The Bertz CT molecular complexity index is 712. The number of ether oxygens (including phenoxy) is 1. The summed E-state index contributed by atoms with van der Waals surface area (Å²) in [4.78, 5) is 19.4. The van der Waals surface area contributed by atoms with Crippen molar-refractivity contribution in [2.24, 2.45) is 0 Å². The van der Waals surface area contributed by atoms with E-state index in [0.29, 0.717) is 6.61 Å². The van der Waals surface area contributed by atoms with Gasteiger partial charge in [0.05, 0.1) is 12.6 Å². The van der Waals surface area contributed by atoms with Gasteiger partial charge in [-0.3, -0.25) is 4.98 Å². The van der Waals surface area contributed by atoms with Gasteiger partial charge in [0.25, 0.3) is 0 Å². The summed E-state index contributed by atoms with van der Waals surface area (Å²) in [7, 11) is 0. The van der Waals surface area contributed by atoms with E-state index in [-0.39, 0.29) is 18.1 Å². The molecule has 5 heteroatoms.